The number of rotatable bonds is 4. The van der Waals surface area contributed by atoms with Gasteiger partial charge in [0.25, 0.3) is 11.5 Å². The van der Waals surface area contributed by atoms with Gasteiger partial charge in [0.1, 0.15) is 17.1 Å². The van der Waals surface area contributed by atoms with Crippen molar-refractivity contribution in [2.75, 3.05) is 5.32 Å². The van der Waals surface area contributed by atoms with Gasteiger partial charge in [-0.2, -0.15) is 0 Å². The van der Waals surface area contributed by atoms with Crippen LogP contribution in [-0.4, -0.2) is 20.0 Å². The molecule has 8 nitrogen and oxygen atoms in total. The first-order valence-corrected chi connectivity index (χ1v) is 9.57. The van der Waals surface area contributed by atoms with Crippen molar-refractivity contribution in [3.63, 3.8) is 0 Å². The van der Waals surface area contributed by atoms with Crippen LogP contribution in [0.5, 0.6) is 11.5 Å². The predicted octanol–water partition coefficient (Wildman–Crippen LogP) is 2.99. The largest absolute Gasteiger partial charge is 0.455 e. The first-order valence-electron chi connectivity index (χ1n) is 9.57. The van der Waals surface area contributed by atoms with Gasteiger partial charge in [-0.05, 0) is 43.3 Å². The molecule has 0 radical (unpaired) electrons. The Hall–Kier alpha value is -4.20. The smallest absolute Gasteiger partial charge is 0.332 e. The summed E-state index contributed by atoms with van der Waals surface area (Å²) >= 11 is 0. The van der Waals surface area contributed by atoms with Crippen molar-refractivity contribution in [1.29, 1.82) is 0 Å². The van der Waals surface area contributed by atoms with E-state index in [0.717, 1.165) is 10.1 Å². The number of benzene rings is 2. The van der Waals surface area contributed by atoms with Crippen LogP contribution in [0.3, 0.4) is 0 Å². The van der Waals surface area contributed by atoms with E-state index in [2.05, 4.69) is 10.3 Å². The minimum absolute atomic E-state index is 0.0703. The summed E-state index contributed by atoms with van der Waals surface area (Å²) in [5.41, 5.74) is 0.813. The lowest BCUT2D eigenvalue weighted by Gasteiger charge is -2.13. The Kier molecular flexibility index (Phi) is 5.12. The second-order valence-electron chi connectivity index (χ2n) is 7.14. The molecule has 0 saturated carbocycles. The molecule has 0 aliphatic rings. The van der Waals surface area contributed by atoms with Crippen molar-refractivity contribution in [1.82, 2.24) is 14.1 Å². The molecule has 0 fully saturated rings. The molecule has 0 atom stereocenters. The molecule has 0 aliphatic heterocycles. The van der Waals surface area contributed by atoms with Gasteiger partial charge in [-0.15, -0.1) is 0 Å². The van der Waals surface area contributed by atoms with Crippen LogP contribution >= 0.6 is 0 Å². The van der Waals surface area contributed by atoms with E-state index in [1.165, 1.54) is 30.8 Å². The normalized spacial score (nSPS) is 10.8. The van der Waals surface area contributed by atoms with Crippen molar-refractivity contribution in [2.45, 2.75) is 6.92 Å². The topological polar surface area (TPSA) is 95.2 Å². The average Bonchev–Trinajstić information content (AvgIpc) is 2.78. The second kappa shape index (κ2) is 7.91. The molecular formula is C23H20N4O4. The highest BCUT2D eigenvalue weighted by Crippen LogP contribution is 2.29. The molecule has 156 valence electrons. The molecule has 4 aromatic rings. The number of aromatic nitrogens is 3. The summed E-state index contributed by atoms with van der Waals surface area (Å²) in [4.78, 5) is 41.6. The summed E-state index contributed by atoms with van der Waals surface area (Å²) in [7, 11) is 2.90. The fraction of sp³-hybridized carbons (Fsp3) is 0.130. The van der Waals surface area contributed by atoms with Gasteiger partial charge in [0.2, 0.25) is 0 Å². The number of nitrogens with one attached hydrogen (secondary N) is 1. The number of pyridine rings is 1. The van der Waals surface area contributed by atoms with E-state index >= 15 is 0 Å². The monoisotopic (exact) mass is 416 g/mol. The number of ether oxygens (including phenoxy) is 1. The van der Waals surface area contributed by atoms with Crippen LogP contribution in [0.1, 0.15) is 16.1 Å². The first kappa shape index (κ1) is 20.1. The van der Waals surface area contributed by atoms with E-state index in [1.54, 1.807) is 24.3 Å². The van der Waals surface area contributed by atoms with Crippen molar-refractivity contribution in [3.05, 3.63) is 92.8 Å². The van der Waals surface area contributed by atoms with E-state index in [4.69, 9.17) is 4.74 Å². The molecule has 0 aliphatic carbocycles. The molecule has 0 unspecified atom stereocenters. The zero-order valence-electron chi connectivity index (χ0n) is 17.2. The third-order valence-electron chi connectivity index (χ3n) is 4.92. The fourth-order valence-corrected chi connectivity index (χ4v) is 3.16. The lowest BCUT2D eigenvalue weighted by Crippen LogP contribution is -2.37. The van der Waals surface area contributed by atoms with Crippen LogP contribution in [0.2, 0.25) is 0 Å². The standard InChI is InChI=1S/C23H20N4O4/c1-14-8-10-15(11-9-14)31-19-7-5-4-6-17(19)25-21(28)18-13-12-16-20(24-18)26(2)23(30)27(3)22(16)29/h4-13H,1-3H3,(H,25,28). The molecule has 8 heteroatoms. The molecule has 0 bridgehead atoms. The highest BCUT2D eigenvalue weighted by Gasteiger charge is 2.15. The highest BCUT2D eigenvalue weighted by atomic mass is 16.5. The number of amides is 1. The first-order chi connectivity index (χ1) is 14.8. The van der Waals surface area contributed by atoms with Gasteiger partial charge in [0.05, 0.1) is 11.1 Å². The van der Waals surface area contributed by atoms with E-state index in [1.807, 2.05) is 31.2 Å². The third-order valence-corrected chi connectivity index (χ3v) is 4.92. The number of anilines is 1. The van der Waals surface area contributed by atoms with E-state index in [-0.39, 0.29) is 16.7 Å². The van der Waals surface area contributed by atoms with Crippen molar-refractivity contribution < 1.29 is 9.53 Å². The molecular weight excluding hydrogens is 396 g/mol. The Bertz CT molecular complexity index is 1420. The number of carbonyl (C=O) groups is 1. The maximum atomic E-state index is 12.9. The van der Waals surface area contributed by atoms with Crippen molar-refractivity contribution in [2.24, 2.45) is 14.1 Å². The molecule has 31 heavy (non-hydrogen) atoms. The average molecular weight is 416 g/mol. The van der Waals surface area contributed by atoms with Gasteiger partial charge >= 0.3 is 5.69 Å². The van der Waals surface area contributed by atoms with Crippen LogP contribution in [-0.2, 0) is 14.1 Å². The minimum Gasteiger partial charge on any atom is -0.455 e. The summed E-state index contributed by atoms with van der Waals surface area (Å²) in [6.45, 7) is 1.99. The molecule has 0 saturated heterocycles. The van der Waals surface area contributed by atoms with Gasteiger partial charge in [0, 0.05) is 14.1 Å². The molecule has 1 amide bonds. The summed E-state index contributed by atoms with van der Waals surface area (Å²) in [5.74, 6) is 0.624. The number of nitrogens with zero attached hydrogens (tertiary/aromatic N) is 3. The summed E-state index contributed by atoms with van der Waals surface area (Å²) in [6, 6.07) is 17.6. The second-order valence-corrected chi connectivity index (χ2v) is 7.14. The molecule has 2 aromatic heterocycles. The van der Waals surface area contributed by atoms with E-state index in [9.17, 15) is 14.4 Å². The highest BCUT2D eigenvalue weighted by molar-refractivity contribution is 6.04. The molecule has 1 N–H and O–H groups in total. The Morgan fingerprint density at radius 2 is 1.65 bits per heavy atom. The van der Waals surface area contributed by atoms with Crippen LogP contribution in [0, 0.1) is 6.92 Å². The van der Waals surface area contributed by atoms with Crippen LogP contribution < -0.4 is 21.3 Å². The van der Waals surface area contributed by atoms with Gasteiger partial charge < -0.3 is 10.1 Å². The lowest BCUT2D eigenvalue weighted by molar-refractivity contribution is 0.102. The lowest BCUT2D eigenvalue weighted by atomic mass is 10.2. The maximum Gasteiger partial charge on any atom is 0.332 e. The van der Waals surface area contributed by atoms with Crippen LogP contribution in [0.4, 0.5) is 5.69 Å². The Morgan fingerprint density at radius 1 is 0.935 bits per heavy atom. The van der Waals surface area contributed by atoms with Crippen molar-refractivity contribution >= 4 is 22.6 Å². The summed E-state index contributed by atoms with van der Waals surface area (Å²) in [5, 5.41) is 3.04. The number of carbonyl (C=O) groups excluding carboxylic acids is 1. The number of aryl methyl sites for hydroxylation is 2. The van der Waals surface area contributed by atoms with Gasteiger partial charge in [-0.25, -0.2) is 9.78 Å². The van der Waals surface area contributed by atoms with Gasteiger partial charge in [0.15, 0.2) is 5.75 Å². The van der Waals surface area contributed by atoms with Crippen LogP contribution in [0.15, 0.2) is 70.3 Å². The van der Waals surface area contributed by atoms with Crippen LogP contribution in [0.25, 0.3) is 11.0 Å². The van der Waals surface area contributed by atoms with Gasteiger partial charge in [-0.1, -0.05) is 29.8 Å². The summed E-state index contributed by atoms with van der Waals surface area (Å²) < 4.78 is 8.15. The fourth-order valence-electron chi connectivity index (χ4n) is 3.16. The number of hydrogen-bond donors (Lipinski definition) is 1. The zero-order chi connectivity index (χ0) is 22.1. The number of fused-ring (bicyclic) bond motifs is 1. The molecule has 0 spiro atoms. The van der Waals surface area contributed by atoms with Gasteiger partial charge in [-0.3, -0.25) is 18.7 Å². The molecule has 2 heterocycles. The van der Waals surface area contributed by atoms with Crippen molar-refractivity contribution in [3.8, 4) is 11.5 Å². The quantitative estimate of drug-likeness (QED) is 0.552. The van der Waals surface area contributed by atoms with E-state index in [0.29, 0.717) is 17.2 Å². The maximum absolute atomic E-state index is 12.9. The van der Waals surface area contributed by atoms with E-state index < -0.39 is 17.2 Å². The Labute approximate surface area is 177 Å². The molecule has 4 rings (SSSR count). The minimum atomic E-state index is -0.514. The summed E-state index contributed by atoms with van der Waals surface area (Å²) in [6.07, 6.45) is 0. The zero-order valence-corrected chi connectivity index (χ0v) is 17.2. The Balaban J connectivity index is 1.66. The third kappa shape index (κ3) is 3.83. The predicted molar refractivity (Wildman–Crippen MR) is 118 cm³/mol. The molecule has 2 aromatic carbocycles. The Morgan fingerprint density at radius 3 is 2.39 bits per heavy atom. The number of para-hydroxylation sites is 2. The SMILES string of the molecule is Cc1ccc(Oc2ccccc2NC(=O)c2ccc3c(=O)n(C)c(=O)n(C)c3n2)cc1. The number of hydrogen-bond acceptors (Lipinski definition) is 5.